The number of fused-ring (bicyclic) bond motifs is 7. The Morgan fingerprint density at radius 3 is 1.97 bits per heavy atom. The van der Waals surface area contributed by atoms with Gasteiger partial charge in [-0.25, -0.2) is 0 Å². The lowest BCUT2D eigenvalue weighted by atomic mass is 9.70. The van der Waals surface area contributed by atoms with Crippen molar-refractivity contribution in [3.8, 4) is 0 Å². The molecule has 0 spiro atoms. The normalized spacial score (nSPS) is 39.9. The molecule has 4 fully saturated rings. The van der Waals surface area contributed by atoms with Crippen molar-refractivity contribution in [2.45, 2.75) is 81.3 Å². The van der Waals surface area contributed by atoms with Crippen molar-refractivity contribution in [1.29, 1.82) is 0 Å². The smallest absolute Gasteiger partial charge is 0.361 e. The van der Waals surface area contributed by atoms with Crippen molar-refractivity contribution in [2.24, 2.45) is 35.5 Å². The molecule has 35 heavy (non-hydrogen) atoms. The van der Waals surface area contributed by atoms with E-state index in [-0.39, 0.29) is 29.8 Å². The molecule has 0 radical (unpaired) electrons. The van der Waals surface area contributed by atoms with Crippen LogP contribution in [0.4, 0.5) is 39.5 Å². The summed E-state index contributed by atoms with van der Waals surface area (Å²) in [7, 11) is 0.984. The predicted molar refractivity (Wildman–Crippen MR) is 105 cm³/mol. The molecule has 5 aliphatic rings. The summed E-state index contributed by atoms with van der Waals surface area (Å²) in [5, 5.41) is 0. The van der Waals surface area contributed by atoms with Crippen molar-refractivity contribution in [1.82, 2.24) is 0 Å². The molecule has 12 heteroatoms. The van der Waals surface area contributed by atoms with E-state index in [0.29, 0.717) is 18.8 Å². The maximum atomic E-state index is 13.2. The van der Waals surface area contributed by atoms with Gasteiger partial charge >= 0.3 is 18.5 Å². The van der Waals surface area contributed by atoms with E-state index in [2.05, 4.69) is 9.47 Å². The van der Waals surface area contributed by atoms with Gasteiger partial charge < -0.3 is 14.2 Å². The standard InChI is InChI=1S/C13H16F6O2.C10H13F3O/c1-20-7-21-11(12(14,15)16,13(17,18)19)6-10-5-8-2-3-9(10)4-8;1-9(10(11,12)13)7-5-2-3-6(4-5)8(7)14-9/h2-3,8-10H,4-7H2,1H3;5-8H,2-4H2,1H3. The predicted octanol–water partition coefficient (Wildman–Crippen LogP) is 6.82. The molecule has 1 heterocycles. The highest BCUT2D eigenvalue weighted by Gasteiger charge is 2.74. The topological polar surface area (TPSA) is 27.7 Å². The summed E-state index contributed by atoms with van der Waals surface area (Å²) in [6.07, 6.45) is -8.95. The quantitative estimate of drug-likeness (QED) is 0.224. The molecule has 202 valence electrons. The fourth-order valence-corrected chi connectivity index (χ4v) is 6.99. The molecule has 0 aromatic carbocycles. The molecule has 4 bridgehead atoms. The Hall–Kier alpha value is -1.01. The van der Waals surface area contributed by atoms with Crippen LogP contribution in [0.2, 0.25) is 0 Å². The van der Waals surface area contributed by atoms with E-state index < -0.39 is 48.9 Å². The fourth-order valence-electron chi connectivity index (χ4n) is 6.99. The molecule has 8 atom stereocenters. The first-order chi connectivity index (χ1) is 16.0. The Balaban J connectivity index is 0.000000177. The van der Waals surface area contributed by atoms with Crippen LogP contribution >= 0.6 is 0 Å². The Kier molecular flexibility index (Phi) is 6.79. The SMILES string of the molecule is CC1(C(F)(F)F)OC2C3CCC(C3)C21.COCOC(CC1CC2C=CC1C2)(C(F)(F)F)C(F)(F)F. The molecular weight excluding hydrogens is 495 g/mol. The number of rotatable bonds is 5. The van der Waals surface area contributed by atoms with Crippen LogP contribution in [0.1, 0.15) is 45.4 Å². The van der Waals surface area contributed by atoms with Gasteiger partial charge in [0.1, 0.15) is 6.79 Å². The zero-order valence-electron chi connectivity index (χ0n) is 19.3. The number of alkyl halides is 9. The number of allylic oxidation sites excluding steroid dienone is 2. The van der Waals surface area contributed by atoms with Gasteiger partial charge in [-0.05, 0) is 75.0 Å². The third-order valence-electron chi connectivity index (χ3n) is 8.73. The number of hydrogen-bond acceptors (Lipinski definition) is 3. The van der Waals surface area contributed by atoms with Crippen LogP contribution < -0.4 is 0 Å². The van der Waals surface area contributed by atoms with Crippen molar-refractivity contribution in [2.75, 3.05) is 13.9 Å². The zero-order valence-corrected chi connectivity index (χ0v) is 19.3. The maximum Gasteiger partial charge on any atom is 0.426 e. The lowest BCUT2D eigenvalue weighted by Gasteiger charge is -2.55. The van der Waals surface area contributed by atoms with Gasteiger partial charge in [0.2, 0.25) is 0 Å². The molecular formula is C23H29F9O3. The summed E-state index contributed by atoms with van der Waals surface area (Å²) in [5.74, 6) is -0.390. The Labute approximate surface area is 197 Å². The van der Waals surface area contributed by atoms with Crippen LogP contribution in [0.25, 0.3) is 0 Å². The number of hydrogen-bond donors (Lipinski definition) is 0. The molecule has 0 aromatic heterocycles. The van der Waals surface area contributed by atoms with Crippen LogP contribution in [0.5, 0.6) is 0 Å². The molecule has 8 unspecified atom stereocenters. The Morgan fingerprint density at radius 2 is 1.51 bits per heavy atom. The zero-order chi connectivity index (χ0) is 26.0. The first-order valence-corrected chi connectivity index (χ1v) is 11.7. The van der Waals surface area contributed by atoms with Gasteiger partial charge in [0.25, 0.3) is 5.60 Å². The Morgan fingerprint density at radius 1 is 0.886 bits per heavy atom. The van der Waals surface area contributed by atoms with Gasteiger partial charge in [-0.15, -0.1) is 0 Å². The summed E-state index contributed by atoms with van der Waals surface area (Å²) in [6.45, 7) is 0.157. The first-order valence-electron chi connectivity index (χ1n) is 11.7. The number of halogens is 9. The minimum atomic E-state index is -5.55. The average Bonchev–Trinajstić information content (AvgIpc) is 3.47. The van der Waals surface area contributed by atoms with Crippen molar-refractivity contribution < 1.29 is 53.7 Å². The molecule has 3 saturated carbocycles. The molecule has 0 N–H and O–H groups in total. The third-order valence-corrected chi connectivity index (χ3v) is 8.73. The van der Waals surface area contributed by atoms with E-state index >= 15 is 0 Å². The highest BCUT2D eigenvalue weighted by Crippen LogP contribution is 2.65. The Bertz CT molecular complexity index is 790. The molecule has 1 saturated heterocycles. The lowest BCUT2D eigenvalue weighted by molar-refractivity contribution is -0.396. The largest absolute Gasteiger partial charge is 0.426 e. The molecule has 0 aromatic rings. The average molecular weight is 524 g/mol. The number of ether oxygens (including phenoxy) is 3. The highest BCUT2D eigenvalue weighted by atomic mass is 19.4. The minimum Gasteiger partial charge on any atom is -0.361 e. The van der Waals surface area contributed by atoms with E-state index in [1.807, 2.05) is 6.08 Å². The second kappa shape index (κ2) is 8.79. The fraction of sp³-hybridized carbons (Fsp3) is 0.913. The lowest BCUT2D eigenvalue weighted by Crippen LogP contribution is -2.67. The summed E-state index contributed by atoms with van der Waals surface area (Å²) in [4.78, 5) is 0. The van der Waals surface area contributed by atoms with Gasteiger partial charge in [0, 0.05) is 13.0 Å². The van der Waals surface area contributed by atoms with Gasteiger partial charge in [0.05, 0.1) is 6.10 Å². The first kappa shape index (κ1) is 27.0. The van der Waals surface area contributed by atoms with E-state index in [1.165, 1.54) is 6.92 Å². The summed E-state index contributed by atoms with van der Waals surface area (Å²) in [6, 6.07) is 0. The monoisotopic (exact) mass is 524 g/mol. The van der Waals surface area contributed by atoms with E-state index in [4.69, 9.17) is 4.74 Å². The molecule has 5 rings (SSSR count). The van der Waals surface area contributed by atoms with Crippen molar-refractivity contribution >= 4 is 0 Å². The van der Waals surface area contributed by atoms with Gasteiger partial charge in [0.15, 0.2) is 5.60 Å². The summed E-state index contributed by atoms with van der Waals surface area (Å²) >= 11 is 0. The minimum absolute atomic E-state index is 0.0830. The second-order valence-corrected chi connectivity index (χ2v) is 10.7. The third kappa shape index (κ3) is 4.39. The van der Waals surface area contributed by atoms with E-state index in [9.17, 15) is 39.5 Å². The second-order valence-electron chi connectivity index (χ2n) is 10.7. The number of methoxy groups -OCH3 is 1. The molecule has 3 nitrogen and oxygen atoms in total. The van der Waals surface area contributed by atoms with Gasteiger partial charge in [-0.3, -0.25) is 0 Å². The van der Waals surface area contributed by atoms with Crippen LogP contribution in [-0.2, 0) is 14.2 Å². The van der Waals surface area contributed by atoms with Gasteiger partial charge in [-0.1, -0.05) is 12.2 Å². The highest BCUT2D eigenvalue weighted by molar-refractivity contribution is 5.15. The molecule has 1 aliphatic heterocycles. The van der Waals surface area contributed by atoms with Crippen molar-refractivity contribution in [3.05, 3.63) is 12.2 Å². The summed E-state index contributed by atoms with van der Waals surface area (Å²) in [5.41, 5.74) is -6.00. The maximum absolute atomic E-state index is 13.2. The molecule has 0 amide bonds. The van der Waals surface area contributed by atoms with Crippen LogP contribution in [0, 0.1) is 35.5 Å². The van der Waals surface area contributed by atoms with Crippen LogP contribution in [0.15, 0.2) is 12.2 Å². The van der Waals surface area contributed by atoms with Gasteiger partial charge in [-0.2, -0.15) is 39.5 Å². The summed E-state index contributed by atoms with van der Waals surface area (Å²) < 4.78 is 131. The van der Waals surface area contributed by atoms with Crippen LogP contribution in [0.3, 0.4) is 0 Å². The van der Waals surface area contributed by atoms with Crippen LogP contribution in [-0.4, -0.2) is 49.7 Å². The van der Waals surface area contributed by atoms with E-state index in [1.54, 1.807) is 6.08 Å². The van der Waals surface area contributed by atoms with Crippen molar-refractivity contribution in [3.63, 3.8) is 0 Å². The molecule has 4 aliphatic carbocycles. The van der Waals surface area contributed by atoms with E-state index in [0.717, 1.165) is 26.4 Å².